The summed E-state index contributed by atoms with van der Waals surface area (Å²) in [4.78, 5) is 26.1. The molecule has 1 aliphatic heterocycles. The van der Waals surface area contributed by atoms with E-state index in [4.69, 9.17) is 11.6 Å². The van der Waals surface area contributed by atoms with Crippen LogP contribution in [-0.4, -0.2) is 35.8 Å². The number of rotatable bonds is 4. The predicted octanol–water partition coefficient (Wildman–Crippen LogP) is 3.89. The molecule has 0 spiro atoms. The molecule has 1 saturated heterocycles. The molecular formula is C19H20ClF3N2O2. The summed E-state index contributed by atoms with van der Waals surface area (Å²) in [6, 6.07) is 3.77. The molecule has 1 aliphatic carbocycles. The lowest BCUT2D eigenvalue weighted by atomic mass is 9.97. The molecule has 1 saturated carbocycles. The highest BCUT2D eigenvalue weighted by Gasteiger charge is 2.33. The standard InChI is InChI=1S/C19H20ClF3N2O2/c20-16-7-3-12(10-15(16)19(21,22)23)4-8-17(26)25-9-1-2-13(11-25)18(27)24-14-5-6-14/h3-4,7-8,10,13-14H,1-2,5-6,9,11H2,(H,24,27)/b8-4+. The SMILES string of the molecule is O=C(NC1CC1)C1CCCN(C(=O)/C=C/c2ccc(Cl)c(C(F)(F)F)c2)C1. The highest BCUT2D eigenvalue weighted by atomic mass is 35.5. The number of nitrogens with zero attached hydrogens (tertiary/aromatic N) is 1. The molecule has 2 aliphatic rings. The molecule has 1 heterocycles. The average molecular weight is 401 g/mol. The molecule has 0 bridgehead atoms. The van der Waals surface area contributed by atoms with E-state index in [1.807, 2.05) is 0 Å². The van der Waals surface area contributed by atoms with Gasteiger partial charge in [0.2, 0.25) is 11.8 Å². The van der Waals surface area contributed by atoms with Gasteiger partial charge in [-0.15, -0.1) is 0 Å². The minimum atomic E-state index is -4.56. The molecule has 0 radical (unpaired) electrons. The highest BCUT2D eigenvalue weighted by Crippen LogP contribution is 2.35. The number of likely N-dealkylation sites (tertiary alicyclic amines) is 1. The van der Waals surface area contributed by atoms with Gasteiger partial charge >= 0.3 is 6.18 Å². The highest BCUT2D eigenvalue weighted by molar-refractivity contribution is 6.31. The van der Waals surface area contributed by atoms with Gasteiger partial charge in [-0.3, -0.25) is 9.59 Å². The Bertz CT molecular complexity index is 760. The van der Waals surface area contributed by atoms with Crippen molar-refractivity contribution in [3.05, 3.63) is 40.4 Å². The van der Waals surface area contributed by atoms with Crippen molar-refractivity contribution in [1.29, 1.82) is 0 Å². The third-order valence-electron chi connectivity index (χ3n) is 4.74. The van der Waals surface area contributed by atoms with Crippen LogP contribution in [0, 0.1) is 5.92 Å². The second kappa shape index (κ2) is 7.92. The van der Waals surface area contributed by atoms with E-state index >= 15 is 0 Å². The molecule has 4 nitrogen and oxygen atoms in total. The molecule has 1 aromatic rings. The van der Waals surface area contributed by atoms with Gasteiger partial charge in [-0.05, 0) is 49.5 Å². The van der Waals surface area contributed by atoms with Crippen molar-refractivity contribution in [2.75, 3.05) is 13.1 Å². The van der Waals surface area contributed by atoms with E-state index < -0.39 is 11.7 Å². The van der Waals surface area contributed by atoms with Crippen molar-refractivity contribution in [2.24, 2.45) is 5.92 Å². The van der Waals surface area contributed by atoms with Gasteiger partial charge in [0.1, 0.15) is 0 Å². The molecule has 3 rings (SSSR count). The Morgan fingerprint density at radius 1 is 1.22 bits per heavy atom. The Labute approximate surface area is 160 Å². The van der Waals surface area contributed by atoms with E-state index in [2.05, 4.69) is 5.32 Å². The van der Waals surface area contributed by atoms with Gasteiger partial charge < -0.3 is 10.2 Å². The zero-order valence-electron chi connectivity index (χ0n) is 14.6. The number of carbonyl (C=O) groups is 2. The monoisotopic (exact) mass is 400 g/mol. The Kier molecular flexibility index (Phi) is 5.79. The number of amides is 2. The van der Waals surface area contributed by atoms with E-state index in [0.29, 0.717) is 13.1 Å². The maximum absolute atomic E-state index is 12.9. The van der Waals surface area contributed by atoms with Crippen LogP contribution in [0.15, 0.2) is 24.3 Å². The van der Waals surface area contributed by atoms with Gasteiger partial charge in [0.15, 0.2) is 0 Å². The van der Waals surface area contributed by atoms with Gasteiger partial charge in [-0.1, -0.05) is 17.7 Å². The van der Waals surface area contributed by atoms with Crippen molar-refractivity contribution < 1.29 is 22.8 Å². The molecule has 2 fully saturated rings. The van der Waals surface area contributed by atoms with Crippen LogP contribution in [0.25, 0.3) is 6.08 Å². The topological polar surface area (TPSA) is 49.4 Å². The summed E-state index contributed by atoms with van der Waals surface area (Å²) in [6.07, 6.45) is 1.49. The molecule has 27 heavy (non-hydrogen) atoms. The largest absolute Gasteiger partial charge is 0.417 e. The third-order valence-corrected chi connectivity index (χ3v) is 5.07. The lowest BCUT2D eigenvalue weighted by Crippen LogP contribution is -2.45. The number of carbonyl (C=O) groups excluding carboxylic acids is 2. The number of benzene rings is 1. The van der Waals surface area contributed by atoms with Crippen LogP contribution >= 0.6 is 11.6 Å². The summed E-state index contributed by atoms with van der Waals surface area (Å²) in [6.45, 7) is 0.862. The molecule has 146 valence electrons. The first kappa shape index (κ1) is 19.7. The number of piperidine rings is 1. The summed E-state index contributed by atoms with van der Waals surface area (Å²) in [7, 11) is 0. The van der Waals surface area contributed by atoms with Crippen molar-refractivity contribution in [2.45, 2.75) is 37.9 Å². The molecule has 1 atom stereocenters. The van der Waals surface area contributed by atoms with Crippen LogP contribution in [-0.2, 0) is 15.8 Å². The first-order valence-corrected chi connectivity index (χ1v) is 9.26. The predicted molar refractivity (Wildman–Crippen MR) is 96.0 cm³/mol. The second-order valence-corrected chi connectivity index (χ2v) is 7.38. The smallest absolute Gasteiger partial charge is 0.353 e. The summed E-state index contributed by atoms with van der Waals surface area (Å²) in [5, 5.41) is 2.57. The number of nitrogens with one attached hydrogen (secondary N) is 1. The fourth-order valence-corrected chi connectivity index (χ4v) is 3.30. The molecule has 2 amide bonds. The Hall–Kier alpha value is -2.02. The minimum Gasteiger partial charge on any atom is -0.353 e. The quantitative estimate of drug-likeness (QED) is 0.779. The Balaban J connectivity index is 1.63. The van der Waals surface area contributed by atoms with Crippen molar-refractivity contribution in [3.63, 3.8) is 0 Å². The number of halogens is 4. The second-order valence-electron chi connectivity index (χ2n) is 6.98. The zero-order valence-corrected chi connectivity index (χ0v) is 15.3. The number of alkyl halides is 3. The van der Waals surface area contributed by atoms with Gasteiger partial charge in [0.05, 0.1) is 16.5 Å². The van der Waals surface area contributed by atoms with Crippen LogP contribution in [0.3, 0.4) is 0 Å². The van der Waals surface area contributed by atoms with Crippen LogP contribution in [0.4, 0.5) is 13.2 Å². The van der Waals surface area contributed by atoms with E-state index in [0.717, 1.165) is 37.8 Å². The molecular weight excluding hydrogens is 381 g/mol. The maximum atomic E-state index is 12.9. The fraction of sp³-hybridized carbons (Fsp3) is 0.474. The summed E-state index contributed by atoms with van der Waals surface area (Å²) in [5.41, 5.74) is -0.700. The van der Waals surface area contributed by atoms with Gasteiger partial charge in [-0.2, -0.15) is 13.2 Å². The lowest BCUT2D eigenvalue weighted by Gasteiger charge is -2.31. The summed E-state index contributed by atoms with van der Waals surface area (Å²) in [5.74, 6) is -0.571. The van der Waals surface area contributed by atoms with E-state index in [1.165, 1.54) is 18.2 Å². The van der Waals surface area contributed by atoms with Crippen molar-refractivity contribution in [3.8, 4) is 0 Å². The fourth-order valence-electron chi connectivity index (χ4n) is 3.07. The number of hydrogen-bond donors (Lipinski definition) is 1. The van der Waals surface area contributed by atoms with Crippen LogP contribution in [0.1, 0.15) is 36.8 Å². The third kappa shape index (κ3) is 5.25. The van der Waals surface area contributed by atoms with E-state index in [1.54, 1.807) is 4.90 Å². The minimum absolute atomic E-state index is 0.0218. The summed E-state index contributed by atoms with van der Waals surface area (Å²) >= 11 is 5.59. The molecule has 1 aromatic carbocycles. The first-order valence-electron chi connectivity index (χ1n) is 8.88. The lowest BCUT2D eigenvalue weighted by molar-refractivity contribution is -0.137. The van der Waals surface area contributed by atoms with Crippen molar-refractivity contribution >= 4 is 29.5 Å². The molecule has 1 N–H and O–H groups in total. The number of hydrogen-bond acceptors (Lipinski definition) is 2. The Morgan fingerprint density at radius 3 is 2.63 bits per heavy atom. The molecule has 1 unspecified atom stereocenters. The molecule has 0 aromatic heterocycles. The van der Waals surface area contributed by atoms with Gasteiger partial charge in [0, 0.05) is 25.2 Å². The van der Waals surface area contributed by atoms with E-state index in [-0.39, 0.29) is 34.4 Å². The van der Waals surface area contributed by atoms with Crippen molar-refractivity contribution in [1.82, 2.24) is 10.2 Å². The van der Waals surface area contributed by atoms with Gasteiger partial charge in [0.25, 0.3) is 0 Å². The molecule has 8 heteroatoms. The normalized spacial score (nSPS) is 20.7. The Morgan fingerprint density at radius 2 is 1.96 bits per heavy atom. The van der Waals surface area contributed by atoms with Crippen LogP contribution < -0.4 is 5.32 Å². The summed E-state index contributed by atoms with van der Waals surface area (Å²) < 4.78 is 38.7. The van der Waals surface area contributed by atoms with Crippen LogP contribution in [0.2, 0.25) is 5.02 Å². The van der Waals surface area contributed by atoms with E-state index in [9.17, 15) is 22.8 Å². The first-order chi connectivity index (χ1) is 12.7. The van der Waals surface area contributed by atoms with Gasteiger partial charge in [-0.25, -0.2) is 0 Å². The maximum Gasteiger partial charge on any atom is 0.417 e. The average Bonchev–Trinajstić information content (AvgIpc) is 3.44. The zero-order chi connectivity index (χ0) is 19.6. The van der Waals surface area contributed by atoms with Crippen LogP contribution in [0.5, 0.6) is 0 Å².